The second-order valence-electron chi connectivity index (χ2n) is 3.67. The van der Waals surface area contributed by atoms with Crippen molar-refractivity contribution in [3.05, 3.63) is 65.2 Å². The predicted molar refractivity (Wildman–Crippen MR) is 68.2 cm³/mol. The Kier molecular flexibility index (Phi) is 3.23. The Morgan fingerprint density at radius 3 is 2.24 bits per heavy atom. The summed E-state index contributed by atoms with van der Waals surface area (Å²) >= 11 is 0. The summed E-state index contributed by atoms with van der Waals surface area (Å²) in [5, 5.41) is 18.1. The number of rotatable bonds is 2. The molecule has 0 aliphatic heterocycles. The minimum absolute atomic E-state index is 0.248. The van der Waals surface area contributed by atoms with Crippen molar-refractivity contribution in [3.63, 3.8) is 0 Å². The predicted octanol–water partition coefficient (Wildman–Crippen LogP) is 3.43. The second-order valence-corrected chi connectivity index (χ2v) is 3.67. The summed E-state index contributed by atoms with van der Waals surface area (Å²) in [7, 11) is 0. The maximum atomic E-state index is 9.32. The van der Waals surface area contributed by atoms with Gasteiger partial charge in [0.25, 0.3) is 0 Å². The molecule has 0 amide bonds. The SMILES string of the molecule is N#Cc1cccc(/C=C/c2cccc(O)c2)c1. The Morgan fingerprint density at radius 1 is 0.941 bits per heavy atom. The number of aromatic hydroxyl groups is 1. The van der Waals surface area contributed by atoms with Crippen LogP contribution in [0.4, 0.5) is 0 Å². The number of phenolic OH excluding ortho intramolecular Hbond substituents is 1. The average molecular weight is 221 g/mol. The van der Waals surface area contributed by atoms with E-state index in [2.05, 4.69) is 6.07 Å². The third-order valence-electron chi connectivity index (χ3n) is 2.35. The highest BCUT2D eigenvalue weighted by atomic mass is 16.3. The molecule has 82 valence electrons. The first-order chi connectivity index (χ1) is 8.28. The number of nitrogens with zero attached hydrogens (tertiary/aromatic N) is 1. The molecule has 2 nitrogen and oxygen atoms in total. The Bertz CT molecular complexity index is 594. The second kappa shape index (κ2) is 5.00. The van der Waals surface area contributed by atoms with Crippen LogP contribution in [0.25, 0.3) is 12.2 Å². The molecule has 0 atom stereocenters. The molecule has 0 aliphatic rings. The fourth-order valence-corrected chi connectivity index (χ4v) is 1.53. The molecule has 0 saturated heterocycles. The zero-order chi connectivity index (χ0) is 12.1. The van der Waals surface area contributed by atoms with Crippen LogP contribution in [0.3, 0.4) is 0 Å². The van der Waals surface area contributed by atoms with Gasteiger partial charge >= 0.3 is 0 Å². The summed E-state index contributed by atoms with van der Waals surface area (Å²) in [6.45, 7) is 0. The Balaban J connectivity index is 2.23. The molecule has 1 N–H and O–H groups in total. The van der Waals surface area contributed by atoms with Gasteiger partial charge in [-0.25, -0.2) is 0 Å². The zero-order valence-electron chi connectivity index (χ0n) is 9.17. The van der Waals surface area contributed by atoms with Gasteiger partial charge in [0.15, 0.2) is 0 Å². The molecule has 0 saturated carbocycles. The molecule has 0 heterocycles. The Morgan fingerprint density at radius 2 is 1.59 bits per heavy atom. The van der Waals surface area contributed by atoms with Gasteiger partial charge in [-0.3, -0.25) is 0 Å². The van der Waals surface area contributed by atoms with E-state index in [9.17, 15) is 5.11 Å². The lowest BCUT2D eigenvalue weighted by atomic mass is 10.1. The molecular weight excluding hydrogens is 210 g/mol. The van der Waals surface area contributed by atoms with Crippen LogP contribution in [0, 0.1) is 11.3 Å². The lowest BCUT2D eigenvalue weighted by Crippen LogP contribution is -1.76. The van der Waals surface area contributed by atoms with E-state index in [0.29, 0.717) is 5.56 Å². The molecule has 0 unspecified atom stereocenters. The summed E-state index contributed by atoms with van der Waals surface area (Å²) in [5.74, 6) is 0.248. The molecule has 2 rings (SSSR count). The smallest absolute Gasteiger partial charge is 0.116 e. The number of benzene rings is 2. The van der Waals surface area contributed by atoms with Gasteiger partial charge in [0.1, 0.15) is 5.75 Å². The molecular formula is C15H11NO. The van der Waals surface area contributed by atoms with Gasteiger partial charge in [-0.1, -0.05) is 36.4 Å². The highest BCUT2D eigenvalue weighted by Gasteiger charge is 1.92. The van der Waals surface area contributed by atoms with Crippen LogP contribution in [0.2, 0.25) is 0 Å². The average Bonchev–Trinajstić information content (AvgIpc) is 2.37. The zero-order valence-corrected chi connectivity index (χ0v) is 9.17. The maximum absolute atomic E-state index is 9.32. The van der Waals surface area contributed by atoms with E-state index < -0.39 is 0 Å². The number of hydrogen-bond acceptors (Lipinski definition) is 2. The van der Waals surface area contributed by atoms with Crippen LogP contribution < -0.4 is 0 Å². The monoisotopic (exact) mass is 221 g/mol. The van der Waals surface area contributed by atoms with Crippen LogP contribution in [-0.2, 0) is 0 Å². The van der Waals surface area contributed by atoms with Crippen LogP contribution in [0.1, 0.15) is 16.7 Å². The van der Waals surface area contributed by atoms with Gasteiger partial charge in [-0.2, -0.15) is 5.26 Å². The van der Waals surface area contributed by atoms with Crippen molar-refractivity contribution in [1.29, 1.82) is 5.26 Å². The van der Waals surface area contributed by atoms with Gasteiger partial charge < -0.3 is 5.11 Å². The van der Waals surface area contributed by atoms with Gasteiger partial charge in [0.2, 0.25) is 0 Å². The summed E-state index contributed by atoms with van der Waals surface area (Å²) in [5.41, 5.74) is 2.53. The minimum Gasteiger partial charge on any atom is -0.508 e. The summed E-state index contributed by atoms with van der Waals surface area (Å²) in [6, 6.07) is 16.5. The topological polar surface area (TPSA) is 44.0 Å². The van der Waals surface area contributed by atoms with Gasteiger partial charge in [-0.15, -0.1) is 0 Å². The van der Waals surface area contributed by atoms with Crippen molar-refractivity contribution in [2.24, 2.45) is 0 Å². The highest BCUT2D eigenvalue weighted by molar-refractivity contribution is 5.70. The summed E-state index contributed by atoms with van der Waals surface area (Å²) in [6.07, 6.45) is 3.81. The first-order valence-corrected chi connectivity index (χ1v) is 5.25. The van der Waals surface area contributed by atoms with Crippen LogP contribution >= 0.6 is 0 Å². The molecule has 2 aromatic rings. The minimum atomic E-state index is 0.248. The highest BCUT2D eigenvalue weighted by Crippen LogP contribution is 2.14. The third kappa shape index (κ3) is 2.96. The van der Waals surface area contributed by atoms with E-state index in [1.165, 1.54) is 0 Å². The Labute approximate surface area is 100 Å². The van der Waals surface area contributed by atoms with Crippen LogP contribution in [0.5, 0.6) is 5.75 Å². The molecule has 0 spiro atoms. The molecule has 0 radical (unpaired) electrons. The first kappa shape index (κ1) is 11.0. The quantitative estimate of drug-likeness (QED) is 0.789. The molecule has 0 aromatic heterocycles. The third-order valence-corrected chi connectivity index (χ3v) is 2.35. The fraction of sp³-hybridized carbons (Fsp3) is 0. The van der Waals surface area contributed by atoms with E-state index in [1.807, 2.05) is 36.4 Å². The molecule has 0 aliphatic carbocycles. The lowest BCUT2D eigenvalue weighted by Gasteiger charge is -1.96. The van der Waals surface area contributed by atoms with Crippen molar-refractivity contribution in [2.75, 3.05) is 0 Å². The Hall–Kier alpha value is -2.53. The summed E-state index contributed by atoms with van der Waals surface area (Å²) in [4.78, 5) is 0. The van der Waals surface area contributed by atoms with E-state index in [0.717, 1.165) is 11.1 Å². The fourth-order valence-electron chi connectivity index (χ4n) is 1.53. The van der Waals surface area contributed by atoms with Crippen LogP contribution in [-0.4, -0.2) is 5.11 Å². The number of nitriles is 1. The van der Waals surface area contributed by atoms with E-state index >= 15 is 0 Å². The maximum Gasteiger partial charge on any atom is 0.116 e. The van der Waals surface area contributed by atoms with Gasteiger partial charge in [0.05, 0.1) is 11.6 Å². The van der Waals surface area contributed by atoms with Crippen molar-refractivity contribution >= 4 is 12.2 Å². The number of phenols is 1. The van der Waals surface area contributed by atoms with E-state index in [-0.39, 0.29) is 5.75 Å². The lowest BCUT2D eigenvalue weighted by molar-refractivity contribution is 0.475. The summed E-state index contributed by atoms with van der Waals surface area (Å²) < 4.78 is 0. The molecule has 0 fully saturated rings. The normalized spacial score (nSPS) is 10.3. The molecule has 17 heavy (non-hydrogen) atoms. The molecule has 2 aromatic carbocycles. The van der Waals surface area contributed by atoms with Crippen molar-refractivity contribution < 1.29 is 5.11 Å². The van der Waals surface area contributed by atoms with Crippen molar-refractivity contribution in [3.8, 4) is 11.8 Å². The van der Waals surface area contributed by atoms with Crippen molar-refractivity contribution in [1.82, 2.24) is 0 Å². The van der Waals surface area contributed by atoms with E-state index in [1.54, 1.807) is 24.3 Å². The molecule has 2 heteroatoms. The standard InChI is InChI=1S/C15H11NO/c16-11-14-5-1-3-12(9-14)7-8-13-4-2-6-15(17)10-13/h1-10,17H/b8-7+. The van der Waals surface area contributed by atoms with Crippen molar-refractivity contribution in [2.45, 2.75) is 0 Å². The van der Waals surface area contributed by atoms with E-state index in [4.69, 9.17) is 5.26 Å². The van der Waals surface area contributed by atoms with Crippen LogP contribution in [0.15, 0.2) is 48.5 Å². The van der Waals surface area contributed by atoms with Gasteiger partial charge in [-0.05, 0) is 35.4 Å². The number of hydrogen-bond donors (Lipinski definition) is 1. The first-order valence-electron chi connectivity index (χ1n) is 5.25. The van der Waals surface area contributed by atoms with Gasteiger partial charge in [0, 0.05) is 0 Å². The molecule has 0 bridgehead atoms. The largest absolute Gasteiger partial charge is 0.508 e.